The maximum atomic E-state index is 12.0. The van der Waals surface area contributed by atoms with Crippen molar-refractivity contribution in [3.8, 4) is 5.75 Å². The van der Waals surface area contributed by atoms with Crippen molar-refractivity contribution in [2.45, 2.75) is 25.3 Å². The zero-order valence-electron chi connectivity index (χ0n) is 12.3. The lowest BCUT2D eigenvalue weighted by atomic mass is 10.1. The fourth-order valence-electron chi connectivity index (χ4n) is 2.31. The summed E-state index contributed by atoms with van der Waals surface area (Å²) in [7, 11) is 0. The van der Waals surface area contributed by atoms with Crippen LogP contribution in [0.4, 0.5) is 0 Å². The van der Waals surface area contributed by atoms with Crippen molar-refractivity contribution in [1.29, 1.82) is 0 Å². The molecule has 2 rings (SSSR count). The average Bonchev–Trinajstić information content (AvgIpc) is 2.81. The molecule has 4 nitrogen and oxygen atoms in total. The number of rotatable bonds is 6. The van der Waals surface area contributed by atoms with Gasteiger partial charge in [0, 0.05) is 11.8 Å². The molecule has 0 aromatic heterocycles. The third kappa shape index (κ3) is 3.46. The van der Waals surface area contributed by atoms with Crippen LogP contribution in [0.25, 0.3) is 0 Å². The molecule has 5 heteroatoms. The Morgan fingerprint density at radius 3 is 2.75 bits per heavy atom. The van der Waals surface area contributed by atoms with Crippen LogP contribution in [-0.4, -0.2) is 42.0 Å². The molecule has 1 fully saturated rings. The summed E-state index contributed by atoms with van der Waals surface area (Å²) in [5.74, 6) is 1.04. The number of hydrogen-bond acceptors (Lipinski definition) is 4. The SMILES string of the molecule is CCOc1ccc(C2NCC(=O)N2CC(C)SC)cc1. The lowest BCUT2D eigenvalue weighted by Crippen LogP contribution is -2.34. The molecule has 110 valence electrons. The summed E-state index contributed by atoms with van der Waals surface area (Å²) in [5, 5.41) is 3.71. The van der Waals surface area contributed by atoms with Gasteiger partial charge in [-0.1, -0.05) is 19.1 Å². The van der Waals surface area contributed by atoms with Crippen LogP contribution >= 0.6 is 11.8 Å². The van der Waals surface area contributed by atoms with Crippen LogP contribution in [0.3, 0.4) is 0 Å². The minimum atomic E-state index is -0.0206. The molecule has 1 aliphatic rings. The van der Waals surface area contributed by atoms with E-state index in [0.29, 0.717) is 18.4 Å². The first kappa shape index (κ1) is 15.2. The molecule has 1 aromatic rings. The normalized spacial score (nSPS) is 20.2. The molecule has 0 spiro atoms. The van der Waals surface area contributed by atoms with Gasteiger partial charge in [-0.15, -0.1) is 0 Å². The minimum Gasteiger partial charge on any atom is -0.494 e. The van der Waals surface area contributed by atoms with Crippen LogP contribution in [0.1, 0.15) is 25.6 Å². The number of ether oxygens (including phenoxy) is 1. The highest BCUT2D eigenvalue weighted by Gasteiger charge is 2.32. The zero-order chi connectivity index (χ0) is 14.5. The Morgan fingerprint density at radius 1 is 1.45 bits per heavy atom. The highest BCUT2D eigenvalue weighted by atomic mass is 32.2. The van der Waals surface area contributed by atoms with Gasteiger partial charge < -0.3 is 9.64 Å². The van der Waals surface area contributed by atoms with E-state index in [2.05, 4.69) is 18.5 Å². The summed E-state index contributed by atoms with van der Waals surface area (Å²) in [5.41, 5.74) is 1.10. The quantitative estimate of drug-likeness (QED) is 0.874. The average molecular weight is 294 g/mol. The second-order valence-electron chi connectivity index (χ2n) is 4.88. The van der Waals surface area contributed by atoms with Crippen LogP contribution in [0, 0.1) is 0 Å². The monoisotopic (exact) mass is 294 g/mol. The van der Waals surface area contributed by atoms with Crippen LogP contribution in [0.5, 0.6) is 5.75 Å². The van der Waals surface area contributed by atoms with E-state index in [0.717, 1.165) is 17.9 Å². The summed E-state index contributed by atoms with van der Waals surface area (Å²) < 4.78 is 5.45. The van der Waals surface area contributed by atoms with Gasteiger partial charge in [0.15, 0.2) is 0 Å². The first-order valence-corrected chi connectivity index (χ1v) is 8.23. The van der Waals surface area contributed by atoms with Crippen molar-refractivity contribution >= 4 is 17.7 Å². The van der Waals surface area contributed by atoms with Crippen molar-refractivity contribution in [3.05, 3.63) is 29.8 Å². The fraction of sp³-hybridized carbons (Fsp3) is 0.533. The van der Waals surface area contributed by atoms with Gasteiger partial charge in [0.1, 0.15) is 11.9 Å². The molecule has 2 unspecified atom stereocenters. The first-order valence-electron chi connectivity index (χ1n) is 6.94. The summed E-state index contributed by atoms with van der Waals surface area (Å²) in [6.07, 6.45) is 2.05. The van der Waals surface area contributed by atoms with E-state index < -0.39 is 0 Å². The molecule has 1 aromatic carbocycles. The predicted octanol–water partition coefficient (Wildman–Crippen LogP) is 2.27. The van der Waals surface area contributed by atoms with E-state index in [9.17, 15) is 4.79 Å². The highest BCUT2D eigenvalue weighted by Crippen LogP contribution is 2.25. The van der Waals surface area contributed by atoms with Crippen molar-refractivity contribution in [1.82, 2.24) is 10.2 Å². The third-order valence-electron chi connectivity index (χ3n) is 3.44. The van der Waals surface area contributed by atoms with Gasteiger partial charge >= 0.3 is 0 Å². The van der Waals surface area contributed by atoms with E-state index in [1.54, 1.807) is 11.8 Å². The molecule has 1 N–H and O–H groups in total. The Bertz CT molecular complexity index is 450. The van der Waals surface area contributed by atoms with Gasteiger partial charge in [-0.25, -0.2) is 0 Å². The lowest BCUT2D eigenvalue weighted by molar-refractivity contribution is -0.128. The highest BCUT2D eigenvalue weighted by molar-refractivity contribution is 7.99. The van der Waals surface area contributed by atoms with Gasteiger partial charge in [-0.3, -0.25) is 10.1 Å². The van der Waals surface area contributed by atoms with E-state index in [-0.39, 0.29) is 12.1 Å². The summed E-state index contributed by atoms with van der Waals surface area (Å²) in [6.45, 7) is 5.96. The third-order valence-corrected chi connectivity index (χ3v) is 4.40. The smallest absolute Gasteiger partial charge is 0.238 e. The summed E-state index contributed by atoms with van der Waals surface area (Å²) in [6, 6.07) is 7.97. The largest absolute Gasteiger partial charge is 0.494 e. The number of hydrogen-bond donors (Lipinski definition) is 1. The second kappa shape index (κ2) is 6.99. The van der Waals surface area contributed by atoms with Gasteiger partial charge in [0.25, 0.3) is 0 Å². The van der Waals surface area contributed by atoms with E-state index in [4.69, 9.17) is 4.74 Å². The maximum absolute atomic E-state index is 12.0. The van der Waals surface area contributed by atoms with Gasteiger partial charge in [0.05, 0.1) is 13.2 Å². The molecular formula is C15H22N2O2S. The number of nitrogens with zero attached hydrogens (tertiary/aromatic N) is 1. The van der Waals surface area contributed by atoms with Gasteiger partial charge in [-0.05, 0) is 30.9 Å². The first-order chi connectivity index (χ1) is 9.65. The minimum absolute atomic E-state index is 0.0206. The summed E-state index contributed by atoms with van der Waals surface area (Å²) >= 11 is 1.78. The van der Waals surface area contributed by atoms with Crippen LogP contribution in [0.15, 0.2) is 24.3 Å². The topological polar surface area (TPSA) is 41.6 Å². The molecule has 0 bridgehead atoms. The molecular weight excluding hydrogens is 272 g/mol. The maximum Gasteiger partial charge on any atom is 0.238 e. The number of carbonyl (C=O) groups is 1. The molecule has 2 atom stereocenters. The molecule has 0 radical (unpaired) electrons. The number of benzene rings is 1. The van der Waals surface area contributed by atoms with Gasteiger partial charge in [0.2, 0.25) is 5.91 Å². The Morgan fingerprint density at radius 2 is 2.15 bits per heavy atom. The van der Waals surface area contributed by atoms with E-state index >= 15 is 0 Å². The molecule has 0 aliphatic carbocycles. The lowest BCUT2D eigenvalue weighted by Gasteiger charge is -2.27. The molecule has 1 amide bonds. The predicted molar refractivity (Wildman–Crippen MR) is 83.0 cm³/mol. The molecule has 20 heavy (non-hydrogen) atoms. The number of nitrogens with one attached hydrogen (secondary N) is 1. The number of amides is 1. The van der Waals surface area contributed by atoms with Crippen molar-refractivity contribution < 1.29 is 9.53 Å². The number of thioether (sulfide) groups is 1. The summed E-state index contributed by atoms with van der Waals surface area (Å²) in [4.78, 5) is 13.9. The van der Waals surface area contributed by atoms with Crippen LogP contribution < -0.4 is 10.1 Å². The molecule has 1 heterocycles. The fourth-order valence-corrected chi connectivity index (χ4v) is 2.62. The Hall–Kier alpha value is -1.20. The molecule has 0 saturated carbocycles. The Balaban J connectivity index is 2.11. The second-order valence-corrected chi connectivity index (χ2v) is 6.15. The number of carbonyl (C=O) groups excluding carboxylic acids is 1. The molecule has 1 aliphatic heterocycles. The van der Waals surface area contributed by atoms with Crippen LogP contribution in [-0.2, 0) is 4.79 Å². The van der Waals surface area contributed by atoms with Crippen molar-refractivity contribution in [2.75, 3.05) is 26.0 Å². The Kier molecular flexibility index (Phi) is 5.31. The Labute approximate surface area is 124 Å². The van der Waals surface area contributed by atoms with Crippen molar-refractivity contribution in [2.24, 2.45) is 0 Å². The van der Waals surface area contributed by atoms with Crippen LogP contribution in [0.2, 0.25) is 0 Å². The standard InChI is InChI=1S/C15H22N2O2S/c1-4-19-13-7-5-12(6-8-13)15-16-9-14(18)17(15)10-11(2)20-3/h5-8,11,15-16H,4,9-10H2,1-3H3. The van der Waals surface area contributed by atoms with Gasteiger partial charge in [-0.2, -0.15) is 11.8 Å². The van der Waals surface area contributed by atoms with E-state index in [1.165, 1.54) is 0 Å². The van der Waals surface area contributed by atoms with E-state index in [1.807, 2.05) is 36.1 Å². The molecule has 1 saturated heterocycles. The zero-order valence-corrected chi connectivity index (χ0v) is 13.1. The van der Waals surface area contributed by atoms with Crippen molar-refractivity contribution in [3.63, 3.8) is 0 Å².